The van der Waals surface area contributed by atoms with E-state index >= 15 is 0 Å². The predicted octanol–water partition coefficient (Wildman–Crippen LogP) is 5.48. The lowest BCUT2D eigenvalue weighted by atomic mass is 9.88. The number of likely N-dealkylation sites (tertiary alicyclic amines) is 1. The van der Waals surface area contributed by atoms with E-state index in [1.165, 1.54) is 38.9 Å². The molecule has 3 N–H and O–H groups in total. The summed E-state index contributed by atoms with van der Waals surface area (Å²) in [5.74, 6) is -0.0208. The summed E-state index contributed by atoms with van der Waals surface area (Å²) in [7, 11) is 0. The molecule has 220 valence electrons. The van der Waals surface area contributed by atoms with E-state index in [-0.39, 0.29) is 6.61 Å². The fourth-order valence-corrected chi connectivity index (χ4v) is 6.29. The monoisotopic (exact) mass is 575 g/mol. The van der Waals surface area contributed by atoms with Gasteiger partial charge in [-0.05, 0) is 95.4 Å². The largest absolute Gasteiger partial charge is 0.480 e. The fraction of sp³-hybridized carbons (Fsp3) is 0.286. The van der Waals surface area contributed by atoms with Crippen molar-refractivity contribution in [3.05, 3.63) is 102 Å². The number of nitrogens with zero attached hydrogens (tertiary/aromatic N) is 4. The van der Waals surface area contributed by atoms with Crippen LogP contribution >= 0.6 is 0 Å². The van der Waals surface area contributed by atoms with E-state index in [1.807, 2.05) is 15.5 Å². The third-order valence-electron chi connectivity index (χ3n) is 8.63. The van der Waals surface area contributed by atoms with Crippen molar-refractivity contribution >= 4 is 11.6 Å². The summed E-state index contributed by atoms with van der Waals surface area (Å²) in [6.45, 7) is 7.03. The van der Waals surface area contributed by atoms with Gasteiger partial charge in [0, 0.05) is 19.3 Å². The molecule has 0 spiro atoms. The van der Waals surface area contributed by atoms with Gasteiger partial charge in [-0.25, -0.2) is 0 Å². The van der Waals surface area contributed by atoms with E-state index in [0.717, 1.165) is 42.1 Å². The average Bonchev–Trinajstić information content (AvgIpc) is 3.65. The maximum absolute atomic E-state index is 11.6. The van der Waals surface area contributed by atoms with Gasteiger partial charge in [-0.3, -0.25) is 14.1 Å². The predicted molar refractivity (Wildman–Crippen MR) is 169 cm³/mol. The second-order valence-electron chi connectivity index (χ2n) is 11.3. The van der Waals surface area contributed by atoms with Crippen LogP contribution in [0.3, 0.4) is 0 Å². The molecule has 5 aromatic rings. The number of carboxylic acid groups (broad SMARTS) is 1. The van der Waals surface area contributed by atoms with Crippen LogP contribution in [0.5, 0.6) is 0 Å². The minimum absolute atomic E-state index is 0.135. The number of rotatable bonds is 10. The molecule has 1 saturated heterocycles. The van der Waals surface area contributed by atoms with Gasteiger partial charge in [0.2, 0.25) is 0 Å². The summed E-state index contributed by atoms with van der Waals surface area (Å²) >= 11 is 0. The number of fused-ring (bicyclic) bond motifs is 1. The Morgan fingerprint density at radius 3 is 2.26 bits per heavy atom. The number of aliphatic hydroxyl groups is 1. The Hall–Kier alpha value is -4.37. The highest BCUT2D eigenvalue weighted by Gasteiger charge is 2.31. The molecule has 0 aliphatic carbocycles. The molecule has 0 amide bonds. The van der Waals surface area contributed by atoms with Crippen LogP contribution in [-0.4, -0.2) is 61.4 Å². The standard InChI is InChI=1S/C35H37N5O3/c1-23-28(26-13-11-25(12-14-26)21-36-16-19-41)6-3-8-30(23)31-9-4-7-29(24(31)2)27-15-18-40-33(20-27)37-38-34(40)22-39-17-5-10-32(39)35(42)43/h3-4,6-9,11-15,18,20,32,36,41H,5,10,16-17,19,21-22H2,1-2H3,(H,42,43)/t32-/m1/s1. The number of aliphatic hydroxyl groups excluding tert-OH is 1. The van der Waals surface area contributed by atoms with E-state index < -0.39 is 12.0 Å². The van der Waals surface area contributed by atoms with Crippen molar-refractivity contribution in [2.75, 3.05) is 19.7 Å². The van der Waals surface area contributed by atoms with Gasteiger partial charge in [0.15, 0.2) is 11.5 Å². The van der Waals surface area contributed by atoms with E-state index in [1.54, 1.807) is 0 Å². The van der Waals surface area contributed by atoms with Gasteiger partial charge in [0.25, 0.3) is 0 Å². The first-order valence-electron chi connectivity index (χ1n) is 14.9. The van der Waals surface area contributed by atoms with E-state index in [9.17, 15) is 9.90 Å². The number of aromatic nitrogens is 3. The first kappa shape index (κ1) is 28.7. The second-order valence-corrected chi connectivity index (χ2v) is 11.3. The van der Waals surface area contributed by atoms with Crippen LogP contribution in [0, 0.1) is 13.8 Å². The highest BCUT2D eigenvalue weighted by molar-refractivity contribution is 5.84. The Bertz CT molecular complexity index is 1760. The Labute approximate surface area is 251 Å². The number of hydrogen-bond donors (Lipinski definition) is 3. The van der Waals surface area contributed by atoms with Crippen molar-refractivity contribution < 1.29 is 15.0 Å². The molecule has 1 atom stereocenters. The van der Waals surface area contributed by atoms with Crippen molar-refractivity contribution in [2.45, 2.75) is 45.8 Å². The molecule has 1 aliphatic heterocycles. The molecule has 8 nitrogen and oxygen atoms in total. The molecule has 0 unspecified atom stereocenters. The third-order valence-corrected chi connectivity index (χ3v) is 8.63. The first-order chi connectivity index (χ1) is 20.9. The van der Waals surface area contributed by atoms with Crippen LogP contribution in [0.15, 0.2) is 79.0 Å². The summed E-state index contributed by atoms with van der Waals surface area (Å²) < 4.78 is 1.96. The fourth-order valence-electron chi connectivity index (χ4n) is 6.29. The highest BCUT2D eigenvalue weighted by Crippen LogP contribution is 2.37. The Morgan fingerprint density at radius 1 is 0.907 bits per heavy atom. The molecular formula is C35H37N5O3. The van der Waals surface area contributed by atoms with Crippen molar-refractivity contribution in [2.24, 2.45) is 0 Å². The molecule has 1 aliphatic rings. The number of hydrogen-bond acceptors (Lipinski definition) is 6. The summed E-state index contributed by atoms with van der Waals surface area (Å²) in [5.41, 5.74) is 11.3. The molecule has 3 aromatic carbocycles. The number of carboxylic acids is 1. The van der Waals surface area contributed by atoms with E-state index in [0.29, 0.717) is 19.5 Å². The number of pyridine rings is 1. The summed E-state index contributed by atoms with van der Waals surface area (Å²) in [5, 5.41) is 30.6. The minimum Gasteiger partial charge on any atom is -0.480 e. The van der Waals surface area contributed by atoms with Crippen LogP contribution in [0.25, 0.3) is 39.0 Å². The molecule has 0 radical (unpaired) electrons. The van der Waals surface area contributed by atoms with Gasteiger partial charge in [-0.2, -0.15) is 0 Å². The highest BCUT2D eigenvalue weighted by atomic mass is 16.4. The topological polar surface area (TPSA) is 103 Å². The lowest BCUT2D eigenvalue weighted by Gasteiger charge is -2.19. The average molecular weight is 576 g/mol. The van der Waals surface area contributed by atoms with Crippen molar-refractivity contribution in [3.63, 3.8) is 0 Å². The molecule has 6 rings (SSSR count). The normalized spacial score (nSPS) is 15.4. The van der Waals surface area contributed by atoms with Gasteiger partial charge in [0.1, 0.15) is 6.04 Å². The Morgan fingerprint density at radius 2 is 1.58 bits per heavy atom. The van der Waals surface area contributed by atoms with Crippen LogP contribution in [0.1, 0.15) is 35.4 Å². The number of benzene rings is 3. The van der Waals surface area contributed by atoms with Crippen LogP contribution in [0.2, 0.25) is 0 Å². The molecular weight excluding hydrogens is 538 g/mol. The quantitative estimate of drug-likeness (QED) is 0.190. The molecule has 43 heavy (non-hydrogen) atoms. The van der Waals surface area contributed by atoms with E-state index in [2.05, 4.69) is 102 Å². The number of carbonyl (C=O) groups is 1. The minimum atomic E-state index is -0.773. The SMILES string of the molecule is Cc1c(-c2ccc(CNCCO)cc2)cccc1-c1cccc(-c2ccn3c(CN4CCC[C@@H]4C(=O)O)nnc3c2)c1C. The maximum atomic E-state index is 11.6. The van der Waals surface area contributed by atoms with E-state index in [4.69, 9.17) is 5.11 Å². The second kappa shape index (κ2) is 12.5. The number of aliphatic carboxylic acids is 1. The number of nitrogens with one attached hydrogen (secondary N) is 1. The zero-order valence-electron chi connectivity index (χ0n) is 24.6. The molecule has 1 fully saturated rings. The van der Waals surface area contributed by atoms with Gasteiger partial charge in [-0.15, -0.1) is 10.2 Å². The van der Waals surface area contributed by atoms with Crippen molar-refractivity contribution in [1.29, 1.82) is 0 Å². The molecule has 2 aromatic heterocycles. The van der Waals surface area contributed by atoms with Crippen LogP contribution in [0.4, 0.5) is 0 Å². The van der Waals surface area contributed by atoms with Crippen LogP contribution in [-0.2, 0) is 17.9 Å². The maximum Gasteiger partial charge on any atom is 0.320 e. The first-order valence-corrected chi connectivity index (χ1v) is 14.9. The van der Waals surface area contributed by atoms with Crippen molar-refractivity contribution in [3.8, 4) is 33.4 Å². The smallest absolute Gasteiger partial charge is 0.320 e. The molecule has 0 saturated carbocycles. The summed E-state index contributed by atoms with van der Waals surface area (Å²) in [6, 6.07) is 25.2. The van der Waals surface area contributed by atoms with Gasteiger partial charge in [0.05, 0.1) is 13.2 Å². The summed E-state index contributed by atoms with van der Waals surface area (Å²) in [4.78, 5) is 13.6. The van der Waals surface area contributed by atoms with Gasteiger partial charge in [-0.1, -0.05) is 60.7 Å². The Kier molecular flexibility index (Phi) is 8.33. The zero-order chi connectivity index (χ0) is 29.9. The summed E-state index contributed by atoms with van der Waals surface area (Å²) in [6.07, 6.45) is 3.54. The lowest BCUT2D eigenvalue weighted by molar-refractivity contribution is -0.142. The Balaban J connectivity index is 1.28. The van der Waals surface area contributed by atoms with Crippen molar-refractivity contribution in [1.82, 2.24) is 24.8 Å². The zero-order valence-corrected chi connectivity index (χ0v) is 24.6. The van der Waals surface area contributed by atoms with Crippen LogP contribution < -0.4 is 5.32 Å². The lowest BCUT2D eigenvalue weighted by Crippen LogP contribution is -2.35. The molecule has 3 heterocycles. The van der Waals surface area contributed by atoms with Gasteiger partial charge >= 0.3 is 5.97 Å². The molecule has 8 heteroatoms. The third kappa shape index (κ3) is 5.82. The molecule has 0 bridgehead atoms. The van der Waals surface area contributed by atoms with Gasteiger partial charge < -0.3 is 15.5 Å².